The second-order valence-corrected chi connectivity index (χ2v) is 5.98. The first-order valence-electron chi connectivity index (χ1n) is 7.16. The summed E-state index contributed by atoms with van der Waals surface area (Å²) >= 11 is 0. The van der Waals surface area contributed by atoms with Crippen molar-refractivity contribution in [3.05, 3.63) is 12.7 Å². The minimum absolute atomic E-state index is 0.508. The van der Waals surface area contributed by atoms with Gasteiger partial charge in [0.1, 0.15) is 0 Å². The van der Waals surface area contributed by atoms with Gasteiger partial charge in [0.15, 0.2) is 0 Å². The minimum Gasteiger partial charge on any atom is -0.328 e. The SMILES string of the molecule is C=CCC1CCC(C2CCC(N)CC2)CC1. The van der Waals surface area contributed by atoms with Gasteiger partial charge in [-0.1, -0.05) is 6.08 Å². The molecule has 92 valence electrons. The number of nitrogens with two attached hydrogens (primary N) is 1. The van der Waals surface area contributed by atoms with E-state index in [0.29, 0.717) is 6.04 Å². The molecule has 0 aromatic heterocycles. The number of allylic oxidation sites excluding steroid dienone is 1. The molecule has 1 heteroatoms. The van der Waals surface area contributed by atoms with Crippen molar-refractivity contribution >= 4 is 0 Å². The van der Waals surface area contributed by atoms with Gasteiger partial charge in [-0.15, -0.1) is 6.58 Å². The van der Waals surface area contributed by atoms with Crippen LogP contribution in [-0.2, 0) is 0 Å². The zero-order valence-electron chi connectivity index (χ0n) is 10.5. The first kappa shape index (κ1) is 12.2. The molecular formula is C15H27N. The van der Waals surface area contributed by atoms with Crippen molar-refractivity contribution in [2.24, 2.45) is 23.5 Å². The Morgan fingerprint density at radius 2 is 1.38 bits per heavy atom. The summed E-state index contributed by atoms with van der Waals surface area (Å²) in [6, 6.07) is 0.508. The van der Waals surface area contributed by atoms with Crippen LogP contribution in [0.5, 0.6) is 0 Å². The van der Waals surface area contributed by atoms with Gasteiger partial charge in [-0.3, -0.25) is 0 Å². The average molecular weight is 221 g/mol. The summed E-state index contributed by atoms with van der Waals surface area (Å²) in [6.07, 6.45) is 14.5. The Balaban J connectivity index is 1.74. The van der Waals surface area contributed by atoms with E-state index in [-0.39, 0.29) is 0 Å². The van der Waals surface area contributed by atoms with Crippen LogP contribution in [0.3, 0.4) is 0 Å². The molecule has 0 aliphatic heterocycles. The first-order valence-corrected chi connectivity index (χ1v) is 7.16. The molecule has 16 heavy (non-hydrogen) atoms. The van der Waals surface area contributed by atoms with E-state index in [9.17, 15) is 0 Å². The van der Waals surface area contributed by atoms with E-state index in [1.807, 2.05) is 0 Å². The topological polar surface area (TPSA) is 26.0 Å². The minimum atomic E-state index is 0.508. The maximum absolute atomic E-state index is 5.98. The van der Waals surface area contributed by atoms with Crippen molar-refractivity contribution in [1.82, 2.24) is 0 Å². The van der Waals surface area contributed by atoms with Gasteiger partial charge in [0, 0.05) is 6.04 Å². The van der Waals surface area contributed by atoms with Crippen molar-refractivity contribution in [1.29, 1.82) is 0 Å². The van der Waals surface area contributed by atoms with Crippen LogP contribution >= 0.6 is 0 Å². The largest absolute Gasteiger partial charge is 0.328 e. The summed E-state index contributed by atoms with van der Waals surface area (Å²) < 4.78 is 0. The Hall–Kier alpha value is -0.300. The van der Waals surface area contributed by atoms with Crippen LogP contribution in [0.15, 0.2) is 12.7 Å². The summed E-state index contributed by atoms with van der Waals surface area (Å²) in [5.41, 5.74) is 5.98. The van der Waals surface area contributed by atoms with Crippen LogP contribution in [0.4, 0.5) is 0 Å². The molecule has 0 atom stereocenters. The predicted octanol–water partition coefficient (Wildman–Crippen LogP) is 3.89. The lowest BCUT2D eigenvalue weighted by atomic mass is 9.70. The molecule has 0 aromatic rings. The van der Waals surface area contributed by atoms with Crippen LogP contribution in [0, 0.1) is 17.8 Å². The highest BCUT2D eigenvalue weighted by Crippen LogP contribution is 2.40. The molecule has 1 nitrogen and oxygen atoms in total. The fourth-order valence-electron chi connectivity index (χ4n) is 3.75. The quantitative estimate of drug-likeness (QED) is 0.719. The van der Waals surface area contributed by atoms with E-state index in [1.54, 1.807) is 0 Å². The highest BCUT2D eigenvalue weighted by Gasteiger charge is 2.29. The molecule has 2 aliphatic carbocycles. The highest BCUT2D eigenvalue weighted by molar-refractivity contribution is 4.84. The van der Waals surface area contributed by atoms with Crippen LogP contribution in [0.2, 0.25) is 0 Å². The predicted molar refractivity (Wildman–Crippen MR) is 70.2 cm³/mol. The zero-order chi connectivity index (χ0) is 11.4. The fraction of sp³-hybridized carbons (Fsp3) is 0.867. The smallest absolute Gasteiger partial charge is 0.00390 e. The molecule has 2 saturated carbocycles. The van der Waals surface area contributed by atoms with Gasteiger partial charge in [0.25, 0.3) is 0 Å². The molecule has 0 saturated heterocycles. The third-order valence-electron chi connectivity index (χ3n) is 4.87. The molecule has 2 rings (SSSR count). The van der Waals surface area contributed by atoms with E-state index in [2.05, 4.69) is 12.7 Å². The second kappa shape index (κ2) is 5.86. The summed E-state index contributed by atoms with van der Waals surface area (Å²) in [5.74, 6) is 2.97. The molecule has 0 spiro atoms. The van der Waals surface area contributed by atoms with E-state index < -0.39 is 0 Å². The van der Waals surface area contributed by atoms with Gasteiger partial charge in [-0.25, -0.2) is 0 Å². The Morgan fingerprint density at radius 1 is 0.875 bits per heavy atom. The number of rotatable bonds is 3. The molecule has 2 fully saturated rings. The van der Waals surface area contributed by atoms with Crippen molar-refractivity contribution < 1.29 is 0 Å². The second-order valence-electron chi connectivity index (χ2n) is 5.98. The molecule has 2 aliphatic rings. The lowest BCUT2D eigenvalue weighted by molar-refractivity contribution is 0.161. The molecule has 0 amide bonds. The monoisotopic (exact) mass is 221 g/mol. The number of hydrogen-bond acceptors (Lipinski definition) is 1. The summed E-state index contributed by atoms with van der Waals surface area (Å²) in [6.45, 7) is 3.86. The third-order valence-corrected chi connectivity index (χ3v) is 4.87. The lowest BCUT2D eigenvalue weighted by Gasteiger charge is -2.37. The van der Waals surface area contributed by atoms with E-state index in [1.165, 1.54) is 57.8 Å². The van der Waals surface area contributed by atoms with Crippen LogP contribution < -0.4 is 5.73 Å². The van der Waals surface area contributed by atoms with Crippen molar-refractivity contribution in [2.75, 3.05) is 0 Å². The summed E-state index contributed by atoms with van der Waals surface area (Å²) in [7, 11) is 0. The van der Waals surface area contributed by atoms with Crippen LogP contribution in [-0.4, -0.2) is 6.04 Å². The summed E-state index contributed by atoms with van der Waals surface area (Å²) in [5, 5.41) is 0. The van der Waals surface area contributed by atoms with Crippen molar-refractivity contribution in [3.8, 4) is 0 Å². The van der Waals surface area contributed by atoms with Gasteiger partial charge >= 0.3 is 0 Å². The molecular weight excluding hydrogens is 194 g/mol. The highest BCUT2D eigenvalue weighted by atomic mass is 14.6. The van der Waals surface area contributed by atoms with E-state index in [4.69, 9.17) is 5.73 Å². The van der Waals surface area contributed by atoms with Crippen molar-refractivity contribution in [3.63, 3.8) is 0 Å². The Kier molecular flexibility index (Phi) is 4.45. The third kappa shape index (κ3) is 3.10. The Bertz CT molecular complexity index is 207. The Labute approximate surface area is 100 Å². The maximum atomic E-state index is 5.98. The number of hydrogen-bond donors (Lipinski definition) is 1. The molecule has 0 heterocycles. The van der Waals surface area contributed by atoms with Gasteiger partial charge in [0.2, 0.25) is 0 Å². The van der Waals surface area contributed by atoms with E-state index >= 15 is 0 Å². The van der Waals surface area contributed by atoms with Crippen LogP contribution in [0.25, 0.3) is 0 Å². The Morgan fingerprint density at radius 3 is 1.88 bits per heavy atom. The first-order chi connectivity index (χ1) is 7.79. The van der Waals surface area contributed by atoms with Gasteiger partial charge in [-0.05, 0) is 75.5 Å². The maximum Gasteiger partial charge on any atom is 0.00390 e. The van der Waals surface area contributed by atoms with Gasteiger partial charge in [0.05, 0.1) is 0 Å². The molecule has 0 radical (unpaired) electrons. The fourth-order valence-corrected chi connectivity index (χ4v) is 3.75. The molecule has 0 bridgehead atoms. The molecule has 2 N–H and O–H groups in total. The van der Waals surface area contributed by atoms with Gasteiger partial charge in [-0.2, -0.15) is 0 Å². The molecule has 0 unspecified atom stereocenters. The van der Waals surface area contributed by atoms with E-state index in [0.717, 1.165) is 17.8 Å². The summed E-state index contributed by atoms with van der Waals surface area (Å²) in [4.78, 5) is 0. The standard InChI is InChI=1S/C15H27N/c1-2-3-12-4-6-13(7-5-12)14-8-10-15(16)11-9-14/h2,12-15H,1,3-11,16H2. The average Bonchev–Trinajstić information content (AvgIpc) is 2.32. The van der Waals surface area contributed by atoms with Crippen LogP contribution in [0.1, 0.15) is 57.8 Å². The van der Waals surface area contributed by atoms with Gasteiger partial charge < -0.3 is 5.73 Å². The van der Waals surface area contributed by atoms with Crippen molar-refractivity contribution in [2.45, 2.75) is 63.8 Å². The normalized spacial score (nSPS) is 40.6. The zero-order valence-corrected chi connectivity index (χ0v) is 10.5. The lowest BCUT2D eigenvalue weighted by Crippen LogP contribution is -2.31. The molecule has 0 aromatic carbocycles.